The van der Waals surface area contributed by atoms with Crippen LogP contribution < -0.4 is 5.32 Å². The summed E-state index contributed by atoms with van der Waals surface area (Å²) in [6, 6.07) is 7.79. The highest BCUT2D eigenvalue weighted by Gasteiger charge is 2.28. The van der Waals surface area contributed by atoms with Crippen molar-refractivity contribution in [3.05, 3.63) is 34.3 Å². The topological polar surface area (TPSA) is 69.6 Å². The first-order chi connectivity index (χ1) is 9.05. The molecule has 4 nitrogen and oxygen atoms in total. The fourth-order valence-electron chi connectivity index (χ4n) is 1.75. The lowest BCUT2D eigenvalue weighted by molar-refractivity contribution is -0.124. The zero-order chi connectivity index (χ0) is 14.3. The van der Waals surface area contributed by atoms with Crippen molar-refractivity contribution in [2.45, 2.75) is 31.7 Å². The van der Waals surface area contributed by atoms with E-state index in [-0.39, 0.29) is 19.1 Å². The van der Waals surface area contributed by atoms with Gasteiger partial charge in [-0.25, -0.2) is 0 Å². The summed E-state index contributed by atoms with van der Waals surface area (Å²) < 4.78 is 0.985. The number of aryl methyl sites for hydroxylation is 1. The maximum atomic E-state index is 11.8. The van der Waals surface area contributed by atoms with Gasteiger partial charge < -0.3 is 15.5 Å². The molecule has 0 saturated carbocycles. The molecule has 0 atom stereocenters. The summed E-state index contributed by atoms with van der Waals surface area (Å²) in [6.07, 6.45) is 1.45. The molecule has 1 rings (SSSR count). The molecule has 5 heteroatoms. The van der Waals surface area contributed by atoms with Crippen LogP contribution in [0.5, 0.6) is 0 Å². The van der Waals surface area contributed by atoms with Gasteiger partial charge in [-0.05, 0) is 30.5 Å². The van der Waals surface area contributed by atoms with E-state index in [1.165, 1.54) is 0 Å². The van der Waals surface area contributed by atoms with E-state index in [4.69, 9.17) is 0 Å². The predicted octanol–water partition coefficient (Wildman–Crippen LogP) is 1.63. The van der Waals surface area contributed by atoms with Crippen molar-refractivity contribution in [3.8, 4) is 0 Å². The normalized spacial score (nSPS) is 11.4. The number of hydrogen-bond acceptors (Lipinski definition) is 3. The van der Waals surface area contributed by atoms with E-state index in [1.807, 2.05) is 31.2 Å². The molecule has 106 valence electrons. The number of carbonyl (C=O) groups excluding carboxylic acids is 1. The third-order valence-electron chi connectivity index (χ3n) is 3.22. The maximum Gasteiger partial charge on any atom is 0.220 e. The number of benzene rings is 1. The van der Waals surface area contributed by atoms with Crippen LogP contribution in [0.1, 0.15) is 25.3 Å². The molecule has 1 aromatic rings. The molecule has 0 heterocycles. The van der Waals surface area contributed by atoms with Gasteiger partial charge in [-0.15, -0.1) is 0 Å². The molecule has 3 N–H and O–H groups in total. The van der Waals surface area contributed by atoms with Crippen LogP contribution in [0.4, 0.5) is 0 Å². The van der Waals surface area contributed by atoms with Crippen LogP contribution in [0.2, 0.25) is 0 Å². The summed E-state index contributed by atoms with van der Waals surface area (Å²) in [6.45, 7) is 1.30. The van der Waals surface area contributed by atoms with E-state index >= 15 is 0 Å². The van der Waals surface area contributed by atoms with E-state index in [0.717, 1.165) is 10.0 Å². The molecule has 0 aliphatic rings. The highest BCUT2D eigenvalue weighted by Crippen LogP contribution is 2.14. The van der Waals surface area contributed by atoms with Crippen molar-refractivity contribution in [3.63, 3.8) is 0 Å². The van der Waals surface area contributed by atoms with Gasteiger partial charge in [-0.3, -0.25) is 4.79 Å². The first-order valence-corrected chi connectivity index (χ1v) is 7.11. The highest BCUT2D eigenvalue weighted by atomic mass is 79.9. The highest BCUT2D eigenvalue weighted by molar-refractivity contribution is 9.10. The Morgan fingerprint density at radius 3 is 2.58 bits per heavy atom. The minimum Gasteiger partial charge on any atom is -0.394 e. The molecule has 0 spiro atoms. The first-order valence-electron chi connectivity index (χ1n) is 6.32. The van der Waals surface area contributed by atoms with Crippen LogP contribution in [0.15, 0.2) is 28.7 Å². The first kappa shape index (κ1) is 16.1. The lowest BCUT2D eigenvalue weighted by atomic mass is 9.98. The quantitative estimate of drug-likeness (QED) is 0.712. The molecule has 0 aliphatic heterocycles. The molecule has 19 heavy (non-hydrogen) atoms. The molecule has 0 bridgehead atoms. The van der Waals surface area contributed by atoms with Gasteiger partial charge in [0.25, 0.3) is 0 Å². The number of nitrogens with one attached hydrogen (secondary N) is 1. The summed E-state index contributed by atoms with van der Waals surface area (Å²) >= 11 is 3.38. The molecule has 0 unspecified atom stereocenters. The summed E-state index contributed by atoms with van der Waals surface area (Å²) in [5.41, 5.74) is 0.161. The summed E-state index contributed by atoms with van der Waals surface area (Å²) in [5.74, 6) is -0.162. The van der Waals surface area contributed by atoms with Crippen molar-refractivity contribution < 1.29 is 15.0 Å². The average molecular weight is 330 g/mol. The molecule has 1 amide bonds. The van der Waals surface area contributed by atoms with Crippen LogP contribution in [0.3, 0.4) is 0 Å². The Hall–Kier alpha value is -0.910. The molecule has 0 saturated heterocycles. The molecule has 1 aromatic carbocycles. The van der Waals surface area contributed by atoms with Crippen molar-refractivity contribution in [1.82, 2.24) is 5.32 Å². The molecule has 0 fully saturated rings. The minimum absolute atomic E-state index is 0.162. The lowest BCUT2D eigenvalue weighted by Crippen LogP contribution is -2.53. The number of halogens is 1. The monoisotopic (exact) mass is 329 g/mol. The van der Waals surface area contributed by atoms with Crippen LogP contribution in [0.25, 0.3) is 0 Å². The fraction of sp³-hybridized carbons (Fsp3) is 0.500. The molecule has 0 radical (unpaired) electrons. The van der Waals surface area contributed by atoms with Gasteiger partial charge in [0.05, 0.1) is 18.8 Å². The number of carbonyl (C=O) groups is 1. The molecule has 0 aromatic heterocycles. The fourth-order valence-corrected chi connectivity index (χ4v) is 2.20. The van der Waals surface area contributed by atoms with E-state index in [2.05, 4.69) is 21.2 Å². The average Bonchev–Trinajstić information content (AvgIpc) is 2.43. The van der Waals surface area contributed by atoms with Gasteiger partial charge in [0.1, 0.15) is 0 Å². The van der Waals surface area contributed by atoms with Gasteiger partial charge in [0.2, 0.25) is 5.91 Å². The van der Waals surface area contributed by atoms with Crippen molar-refractivity contribution in [2.24, 2.45) is 0 Å². The Balaban J connectivity index is 2.52. The van der Waals surface area contributed by atoms with Gasteiger partial charge in [0.15, 0.2) is 0 Å². The summed E-state index contributed by atoms with van der Waals surface area (Å²) in [7, 11) is 0. The smallest absolute Gasteiger partial charge is 0.220 e. The lowest BCUT2D eigenvalue weighted by Gasteiger charge is -2.29. The van der Waals surface area contributed by atoms with Gasteiger partial charge in [-0.1, -0.05) is 35.0 Å². The number of aliphatic hydroxyl groups excluding tert-OH is 2. The SMILES string of the molecule is CCC(CO)(CO)NC(=O)CCc1cccc(Br)c1. The Morgan fingerprint density at radius 2 is 2.05 bits per heavy atom. The molecular weight excluding hydrogens is 310 g/mol. The van der Waals surface area contributed by atoms with E-state index in [9.17, 15) is 15.0 Å². The van der Waals surface area contributed by atoms with Crippen LogP contribution in [-0.4, -0.2) is 34.9 Å². The third-order valence-corrected chi connectivity index (χ3v) is 3.71. The Morgan fingerprint density at radius 1 is 1.37 bits per heavy atom. The largest absolute Gasteiger partial charge is 0.394 e. The third kappa shape index (κ3) is 4.93. The number of rotatable bonds is 7. The summed E-state index contributed by atoms with van der Waals surface area (Å²) in [4.78, 5) is 11.8. The van der Waals surface area contributed by atoms with Crippen LogP contribution >= 0.6 is 15.9 Å². The van der Waals surface area contributed by atoms with Crippen molar-refractivity contribution >= 4 is 21.8 Å². The van der Waals surface area contributed by atoms with E-state index in [0.29, 0.717) is 19.3 Å². The van der Waals surface area contributed by atoms with Gasteiger partial charge in [-0.2, -0.15) is 0 Å². The van der Waals surface area contributed by atoms with Gasteiger partial charge >= 0.3 is 0 Å². The zero-order valence-corrected chi connectivity index (χ0v) is 12.6. The molecular formula is C14H20BrNO3. The Labute approximate surface area is 122 Å². The number of aliphatic hydroxyl groups is 2. The minimum atomic E-state index is -0.908. The number of amides is 1. The van der Waals surface area contributed by atoms with E-state index < -0.39 is 5.54 Å². The van der Waals surface area contributed by atoms with Crippen LogP contribution in [-0.2, 0) is 11.2 Å². The number of hydrogen-bond donors (Lipinski definition) is 3. The Bertz CT molecular complexity index is 411. The second kappa shape index (κ2) is 7.62. The van der Waals surface area contributed by atoms with Crippen molar-refractivity contribution in [2.75, 3.05) is 13.2 Å². The van der Waals surface area contributed by atoms with Crippen LogP contribution in [0, 0.1) is 0 Å². The standard InChI is InChI=1S/C14H20BrNO3/c1-2-14(9-17,10-18)16-13(19)7-6-11-4-3-5-12(15)8-11/h3-5,8,17-18H,2,6-7,9-10H2,1H3,(H,16,19). The van der Waals surface area contributed by atoms with E-state index in [1.54, 1.807) is 0 Å². The molecule has 0 aliphatic carbocycles. The second-order valence-corrected chi connectivity index (χ2v) is 5.54. The Kier molecular flexibility index (Phi) is 6.48. The predicted molar refractivity (Wildman–Crippen MR) is 77.8 cm³/mol. The van der Waals surface area contributed by atoms with Gasteiger partial charge in [0, 0.05) is 10.9 Å². The van der Waals surface area contributed by atoms with Crippen molar-refractivity contribution in [1.29, 1.82) is 0 Å². The second-order valence-electron chi connectivity index (χ2n) is 4.63. The maximum absolute atomic E-state index is 11.8. The zero-order valence-electron chi connectivity index (χ0n) is 11.0. The summed E-state index contributed by atoms with van der Waals surface area (Å²) in [5, 5.41) is 21.2.